The molecule has 1 amide bonds. The molecule has 0 aromatic heterocycles. The Labute approximate surface area is 188 Å². The van der Waals surface area contributed by atoms with E-state index in [2.05, 4.69) is 0 Å². The van der Waals surface area contributed by atoms with Gasteiger partial charge in [0.1, 0.15) is 17.3 Å². The van der Waals surface area contributed by atoms with Crippen LogP contribution in [0, 0.1) is 6.92 Å². The number of benzene rings is 2. The molecule has 1 N–H and O–H groups in total. The first-order valence-corrected chi connectivity index (χ1v) is 10.6. The number of likely N-dealkylation sites (N-methyl/N-ethyl adjacent to an activating group) is 1. The molecular weight excluding hydrogens is 408 g/mol. The normalized spacial score (nSPS) is 17.8. The second-order valence-corrected chi connectivity index (χ2v) is 7.98. The van der Waals surface area contributed by atoms with Crippen LogP contribution in [-0.2, 0) is 9.59 Å². The van der Waals surface area contributed by atoms with Crippen LogP contribution in [0.5, 0.6) is 11.5 Å². The van der Waals surface area contributed by atoms with E-state index in [0.29, 0.717) is 36.8 Å². The largest absolute Gasteiger partial charge is 0.507 e. The minimum atomic E-state index is -0.687. The summed E-state index contributed by atoms with van der Waals surface area (Å²) in [6, 6.07) is 11.7. The number of hydrogen-bond acceptors (Lipinski definition) is 6. The van der Waals surface area contributed by atoms with E-state index in [9.17, 15) is 14.7 Å². The number of amides is 1. The molecule has 7 nitrogen and oxygen atoms in total. The SMILES string of the molecule is CCOc1ccc(C(O)=C2C(=O)C(=O)N(CCN(C)C)[C@H]2c2ccc(OC)cc2)cc1C. The molecule has 0 saturated carbocycles. The maximum absolute atomic E-state index is 13.1. The van der Waals surface area contributed by atoms with Gasteiger partial charge in [-0.1, -0.05) is 12.1 Å². The Balaban J connectivity index is 2.12. The summed E-state index contributed by atoms with van der Waals surface area (Å²) in [6.07, 6.45) is 0. The molecule has 2 aromatic carbocycles. The van der Waals surface area contributed by atoms with Crippen molar-refractivity contribution in [2.75, 3.05) is 40.9 Å². The Morgan fingerprint density at radius 2 is 1.81 bits per heavy atom. The quantitative estimate of drug-likeness (QED) is 0.387. The van der Waals surface area contributed by atoms with Crippen molar-refractivity contribution in [3.05, 3.63) is 64.7 Å². The van der Waals surface area contributed by atoms with Crippen molar-refractivity contribution in [3.63, 3.8) is 0 Å². The summed E-state index contributed by atoms with van der Waals surface area (Å²) < 4.78 is 10.8. The zero-order valence-electron chi connectivity index (χ0n) is 19.2. The Bertz CT molecular complexity index is 1030. The molecule has 0 radical (unpaired) electrons. The predicted octanol–water partition coefficient (Wildman–Crippen LogP) is 3.39. The number of carbonyl (C=O) groups excluding carboxylic acids is 2. The van der Waals surface area contributed by atoms with Crippen LogP contribution in [0.25, 0.3) is 5.76 Å². The smallest absolute Gasteiger partial charge is 0.295 e. The Morgan fingerprint density at radius 1 is 1.12 bits per heavy atom. The van der Waals surface area contributed by atoms with Crippen molar-refractivity contribution in [3.8, 4) is 11.5 Å². The van der Waals surface area contributed by atoms with E-state index in [1.165, 1.54) is 4.90 Å². The van der Waals surface area contributed by atoms with Crippen LogP contribution in [0.15, 0.2) is 48.0 Å². The maximum atomic E-state index is 13.1. The van der Waals surface area contributed by atoms with Crippen molar-refractivity contribution in [2.24, 2.45) is 0 Å². The number of ketones is 1. The van der Waals surface area contributed by atoms with E-state index in [0.717, 1.165) is 11.1 Å². The number of ether oxygens (including phenoxy) is 2. The molecule has 1 saturated heterocycles. The van der Waals surface area contributed by atoms with E-state index in [-0.39, 0.29) is 11.3 Å². The molecule has 32 heavy (non-hydrogen) atoms. The second kappa shape index (κ2) is 9.87. The third-order valence-electron chi connectivity index (χ3n) is 5.51. The van der Waals surface area contributed by atoms with E-state index in [4.69, 9.17) is 9.47 Å². The van der Waals surface area contributed by atoms with Gasteiger partial charge in [-0.2, -0.15) is 0 Å². The van der Waals surface area contributed by atoms with Crippen LogP contribution in [-0.4, -0.2) is 67.5 Å². The molecule has 0 bridgehead atoms. The number of nitrogens with zero attached hydrogens (tertiary/aromatic N) is 2. The lowest BCUT2D eigenvalue weighted by atomic mass is 9.94. The first-order valence-electron chi connectivity index (χ1n) is 10.6. The van der Waals surface area contributed by atoms with Gasteiger partial charge in [0, 0.05) is 18.7 Å². The van der Waals surface area contributed by atoms with Gasteiger partial charge in [0.05, 0.1) is 25.3 Å². The van der Waals surface area contributed by atoms with Gasteiger partial charge in [0.25, 0.3) is 11.7 Å². The van der Waals surface area contributed by atoms with Gasteiger partial charge < -0.3 is 24.4 Å². The first kappa shape index (κ1) is 23.3. The second-order valence-electron chi connectivity index (χ2n) is 7.98. The van der Waals surface area contributed by atoms with Crippen molar-refractivity contribution in [1.29, 1.82) is 0 Å². The van der Waals surface area contributed by atoms with Gasteiger partial charge in [-0.3, -0.25) is 9.59 Å². The number of rotatable bonds is 8. The van der Waals surface area contributed by atoms with E-state index in [1.54, 1.807) is 37.4 Å². The molecular formula is C25H30N2O5. The predicted molar refractivity (Wildman–Crippen MR) is 123 cm³/mol. The van der Waals surface area contributed by atoms with Crippen LogP contribution in [0.2, 0.25) is 0 Å². The van der Waals surface area contributed by atoms with Gasteiger partial charge in [-0.15, -0.1) is 0 Å². The summed E-state index contributed by atoms with van der Waals surface area (Å²) in [5.41, 5.74) is 2.12. The summed E-state index contributed by atoms with van der Waals surface area (Å²) >= 11 is 0. The summed E-state index contributed by atoms with van der Waals surface area (Å²) in [7, 11) is 5.38. The molecule has 3 rings (SSSR count). The van der Waals surface area contributed by atoms with Crippen molar-refractivity contribution in [1.82, 2.24) is 9.80 Å². The molecule has 0 aliphatic carbocycles. The third kappa shape index (κ3) is 4.62. The highest BCUT2D eigenvalue weighted by atomic mass is 16.5. The number of methoxy groups -OCH3 is 1. The third-order valence-corrected chi connectivity index (χ3v) is 5.51. The number of hydrogen-bond donors (Lipinski definition) is 1. The van der Waals surface area contributed by atoms with Crippen LogP contribution in [0.3, 0.4) is 0 Å². The number of Topliss-reactive ketones (excluding diaryl/α,β-unsaturated/α-hetero) is 1. The van der Waals surface area contributed by atoms with Gasteiger partial charge in [-0.25, -0.2) is 0 Å². The Kier molecular flexibility index (Phi) is 7.20. The summed E-state index contributed by atoms with van der Waals surface area (Å²) in [5.74, 6) is -0.114. The van der Waals surface area contributed by atoms with Crippen molar-refractivity contribution < 1.29 is 24.2 Å². The topological polar surface area (TPSA) is 79.3 Å². The molecule has 1 fully saturated rings. The highest BCUT2D eigenvalue weighted by molar-refractivity contribution is 6.46. The highest BCUT2D eigenvalue weighted by Gasteiger charge is 2.45. The van der Waals surface area contributed by atoms with Gasteiger partial charge in [0.2, 0.25) is 0 Å². The van der Waals surface area contributed by atoms with Crippen molar-refractivity contribution in [2.45, 2.75) is 19.9 Å². The van der Waals surface area contributed by atoms with Crippen LogP contribution >= 0.6 is 0 Å². The maximum Gasteiger partial charge on any atom is 0.295 e. The average Bonchev–Trinajstić information content (AvgIpc) is 3.03. The lowest BCUT2D eigenvalue weighted by Crippen LogP contribution is -2.35. The Morgan fingerprint density at radius 3 is 2.38 bits per heavy atom. The molecule has 1 aliphatic rings. The average molecular weight is 439 g/mol. The highest BCUT2D eigenvalue weighted by Crippen LogP contribution is 2.40. The number of aryl methyl sites for hydroxylation is 1. The van der Waals surface area contributed by atoms with E-state index < -0.39 is 17.7 Å². The standard InChI is InChI=1S/C25H30N2O5/c1-6-32-20-12-9-18(15-16(20)2)23(28)21-22(17-7-10-19(31-5)11-8-17)27(14-13-26(3)4)25(30)24(21)29/h7-12,15,22,28H,6,13-14H2,1-5H3/t22-/m0/s1. The molecule has 7 heteroatoms. The number of aliphatic hydroxyl groups is 1. The molecule has 2 aromatic rings. The summed E-state index contributed by atoms with van der Waals surface area (Å²) in [5, 5.41) is 11.2. The molecule has 1 atom stereocenters. The van der Waals surface area contributed by atoms with Crippen LogP contribution in [0.4, 0.5) is 0 Å². The molecule has 170 valence electrons. The lowest BCUT2D eigenvalue weighted by molar-refractivity contribution is -0.140. The van der Waals surface area contributed by atoms with Gasteiger partial charge >= 0.3 is 0 Å². The van der Waals surface area contributed by atoms with Crippen LogP contribution in [0.1, 0.15) is 29.7 Å². The lowest BCUT2D eigenvalue weighted by Gasteiger charge is -2.26. The van der Waals surface area contributed by atoms with E-state index >= 15 is 0 Å². The zero-order valence-corrected chi connectivity index (χ0v) is 19.2. The Hall–Kier alpha value is -3.32. The molecule has 1 heterocycles. The minimum Gasteiger partial charge on any atom is -0.507 e. The first-order chi connectivity index (χ1) is 15.3. The summed E-state index contributed by atoms with van der Waals surface area (Å²) in [4.78, 5) is 29.5. The number of carbonyl (C=O) groups is 2. The molecule has 1 aliphatic heterocycles. The number of aliphatic hydroxyl groups excluding tert-OH is 1. The fourth-order valence-corrected chi connectivity index (χ4v) is 3.82. The van der Waals surface area contributed by atoms with Gasteiger partial charge in [0.15, 0.2) is 0 Å². The van der Waals surface area contributed by atoms with E-state index in [1.807, 2.05) is 45.0 Å². The molecule has 0 spiro atoms. The van der Waals surface area contributed by atoms with Gasteiger partial charge in [-0.05, 0) is 69.4 Å². The fourth-order valence-electron chi connectivity index (χ4n) is 3.82. The van der Waals surface area contributed by atoms with Crippen LogP contribution < -0.4 is 9.47 Å². The van der Waals surface area contributed by atoms with Crippen molar-refractivity contribution >= 4 is 17.4 Å². The zero-order chi connectivity index (χ0) is 23.4. The fraction of sp³-hybridized carbons (Fsp3) is 0.360. The monoisotopic (exact) mass is 438 g/mol. The molecule has 0 unspecified atom stereocenters. The number of likely N-dealkylation sites (tertiary alicyclic amines) is 1. The summed E-state index contributed by atoms with van der Waals surface area (Å²) in [6.45, 7) is 5.24. The minimum absolute atomic E-state index is 0.0856.